The molecular formula is C16H17N3OS. The van der Waals surface area contributed by atoms with E-state index in [2.05, 4.69) is 10.9 Å². The maximum absolute atomic E-state index is 8.49. The van der Waals surface area contributed by atoms with Crippen LogP contribution in [0.15, 0.2) is 18.2 Å². The quantitative estimate of drug-likeness (QED) is 0.699. The molecule has 0 aromatic carbocycles. The Labute approximate surface area is 127 Å². The van der Waals surface area contributed by atoms with E-state index in [-0.39, 0.29) is 0 Å². The zero-order valence-electron chi connectivity index (χ0n) is 12.0. The number of aromatic nitrogens is 2. The van der Waals surface area contributed by atoms with Gasteiger partial charge < -0.3 is 9.30 Å². The molecule has 21 heavy (non-hydrogen) atoms. The first-order chi connectivity index (χ1) is 10.2. The number of aryl methyl sites for hydroxylation is 2. The van der Waals surface area contributed by atoms with Gasteiger partial charge in [-0.15, -0.1) is 17.8 Å². The van der Waals surface area contributed by atoms with Crippen molar-refractivity contribution < 1.29 is 4.74 Å². The second kappa shape index (κ2) is 5.74. The molecule has 108 valence electrons. The van der Waals surface area contributed by atoms with E-state index in [0.29, 0.717) is 17.8 Å². The van der Waals surface area contributed by atoms with Crippen LogP contribution in [0, 0.1) is 17.8 Å². The lowest BCUT2D eigenvalue weighted by Crippen LogP contribution is -2.22. The second-order valence-electron chi connectivity index (χ2n) is 5.09. The smallest absolute Gasteiger partial charge is 0.137 e. The Hall–Kier alpha value is -2.06. The van der Waals surface area contributed by atoms with Crippen molar-refractivity contribution in [2.75, 3.05) is 7.11 Å². The Kier molecular flexibility index (Phi) is 3.80. The average Bonchev–Trinajstić information content (AvgIpc) is 2.88. The number of nitrogens with one attached hydrogen (secondary N) is 1. The van der Waals surface area contributed by atoms with Crippen molar-refractivity contribution in [3.05, 3.63) is 34.1 Å². The monoisotopic (exact) mass is 299 g/mol. The van der Waals surface area contributed by atoms with Crippen LogP contribution in [0.1, 0.15) is 23.3 Å². The number of rotatable bonds is 3. The van der Waals surface area contributed by atoms with Crippen molar-refractivity contribution in [2.24, 2.45) is 0 Å². The third kappa shape index (κ3) is 2.47. The first-order valence-electron chi connectivity index (χ1n) is 6.98. The predicted molar refractivity (Wildman–Crippen MR) is 84.0 cm³/mol. The van der Waals surface area contributed by atoms with E-state index in [1.165, 1.54) is 23.3 Å². The Morgan fingerprint density at radius 2 is 2.38 bits per heavy atom. The highest BCUT2D eigenvalue weighted by Gasteiger charge is 2.18. The zero-order chi connectivity index (χ0) is 14.8. The maximum Gasteiger partial charge on any atom is 0.137 e. The van der Waals surface area contributed by atoms with E-state index >= 15 is 0 Å². The molecule has 2 aromatic rings. The van der Waals surface area contributed by atoms with E-state index in [0.717, 1.165) is 23.1 Å². The molecule has 2 aromatic heterocycles. The molecule has 0 saturated heterocycles. The molecule has 1 aliphatic carbocycles. The van der Waals surface area contributed by atoms with Crippen molar-refractivity contribution in [1.29, 1.82) is 5.41 Å². The summed E-state index contributed by atoms with van der Waals surface area (Å²) in [7, 11) is 1.59. The minimum Gasteiger partial charge on any atom is -0.499 e. The summed E-state index contributed by atoms with van der Waals surface area (Å²) in [6, 6.07) is 0. The van der Waals surface area contributed by atoms with Gasteiger partial charge in [0.1, 0.15) is 16.1 Å². The summed E-state index contributed by atoms with van der Waals surface area (Å²) in [5.74, 6) is 3.11. The summed E-state index contributed by atoms with van der Waals surface area (Å²) in [5.41, 5.74) is 1.83. The fraction of sp³-hybridized carbons (Fsp3) is 0.375. The van der Waals surface area contributed by atoms with Gasteiger partial charge in [0, 0.05) is 11.0 Å². The molecular weight excluding hydrogens is 282 g/mol. The largest absolute Gasteiger partial charge is 0.499 e. The van der Waals surface area contributed by atoms with E-state index in [1.54, 1.807) is 35.4 Å². The molecule has 0 amide bonds. The molecule has 2 heterocycles. The van der Waals surface area contributed by atoms with Gasteiger partial charge in [0.25, 0.3) is 0 Å². The van der Waals surface area contributed by atoms with Gasteiger partial charge in [0.05, 0.1) is 25.4 Å². The molecule has 1 aliphatic rings. The molecule has 0 fully saturated rings. The van der Waals surface area contributed by atoms with Crippen LogP contribution >= 0.6 is 11.3 Å². The van der Waals surface area contributed by atoms with Gasteiger partial charge in [-0.2, -0.15) is 0 Å². The van der Waals surface area contributed by atoms with Crippen LogP contribution in [-0.4, -0.2) is 16.7 Å². The van der Waals surface area contributed by atoms with Crippen molar-refractivity contribution in [2.45, 2.75) is 32.2 Å². The fourth-order valence-electron chi connectivity index (χ4n) is 2.76. The molecule has 0 spiro atoms. The summed E-state index contributed by atoms with van der Waals surface area (Å²) >= 11 is 1.73. The second-order valence-corrected chi connectivity index (χ2v) is 6.18. The molecule has 0 saturated carbocycles. The first-order valence-corrected chi connectivity index (χ1v) is 7.79. The van der Waals surface area contributed by atoms with Crippen LogP contribution in [0.4, 0.5) is 0 Å². The highest BCUT2D eigenvalue weighted by atomic mass is 32.1. The molecule has 4 nitrogen and oxygen atoms in total. The Morgan fingerprint density at radius 1 is 1.57 bits per heavy atom. The molecule has 3 rings (SSSR count). The van der Waals surface area contributed by atoms with Crippen LogP contribution in [0.3, 0.4) is 0 Å². The van der Waals surface area contributed by atoms with Crippen molar-refractivity contribution in [3.8, 4) is 12.3 Å². The topological polar surface area (TPSA) is 50.9 Å². The zero-order valence-corrected chi connectivity index (χ0v) is 12.8. The number of methoxy groups -OCH3 is 1. The molecule has 0 bridgehead atoms. The summed E-state index contributed by atoms with van der Waals surface area (Å²) < 4.78 is 7.03. The van der Waals surface area contributed by atoms with Gasteiger partial charge in [0.2, 0.25) is 0 Å². The Bertz CT molecular complexity index is 807. The van der Waals surface area contributed by atoms with Gasteiger partial charge in [-0.05, 0) is 31.2 Å². The molecule has 0 aliphatic heterocycles. The molecule has 1 N–H and O–H groups in total. The van der Waals surface area contributed by atoms with Gasteiger partial charge in [-0.3, -0.25) is 5.41 Å². The van der Waals surface area contributed by atoms with Gasteiger partial charge in [-0.1, -0.05) is 5.92 Å². The third-order valence-corrected chi connectivity index (χ3v) is 5.02. The minimum atomic E-state index is 0.438. The number of hydrogen-bond donors (Lipinski definition) is 1. The number of ether oxygens (including phenoxy) is 1. The number of allylic oxidation sites excluding steroid dienone is 2. The lowest BCUT2D eigenvalue weighted by atomic mass is 9.97. The van der Waals surface area contributed by atoms with Crippen LogP contribution < -0.4 is 5.49 Å². The van der Waals surface area contributed by atoms with Crippen LogP contribution in [-0.2, 0) is 24.1 Å². The van der Waals surface area contributed by atoms with E-state index < -0.39 is 0 Å². The van der Waals surface area contributed by atoms with E-state index in [9.17, 15) is 0 Å². The van der Waals surface area contributed by atoms with Gasteiger partial charge in [-0.25, -0.2) is 4.98 Å². The minimum absolute atomic E-state index is 0.438. The van der Waals surface area contributed by atoms with Crippen LogP contribution in [0.25, 0.3) is 10.2 Å². The average molecular weight is 299 g/mol. The normalized spacial score (nSPS) is 14.8. The fourth-order valence-corrected chi connectivity index (χ4v) is 3.99. The standard InChI is InChI=1S/C16H17N3OS/c1-3-6-11(20-2)9-19-10-18-16-14(15(19)17)12-7-4-5-8-13(12)21-16/h1,6,10,17H,4-5,7-9H2,2H3/b11-6-,17-15?. The molecule has 0 unspecified atom stereocenters. The summed E-state index contributed by atoms with van der Waals surface area (Å²) in [6.07, 6.45) is 13.2. The Morgan fingerprint density at radius 3 is 3.14 bits per heavy atom. The summed E-state index contributed by atoms with van der Waals surface area (Å²) in [6.45, 7) is 0.438. The Balaban J connectivity index is 2.10. The maximum atomic E-state index is 8.49. The van der Waals surface area contributed by atoms with Crippen LogP contribution in [0.5, 0.6) is 0 Å². The predicted octanol–water partition coefficient (Wildman–Crippen LogP) is 2.62. The van der Waals surface area contributed by atoms with Gasteiger partial charge in [0.15, 0.2) is 0 Å². The van der Waals surface area contributed by atoms with Crippen molar-refractivity contribution >= 4 is 21.6 Å². The first kappa shape index (κ1) is 13.9. The highest BCUT2D eigenvalue weighted by molar-refractivity contribution is 7.18. The van der Waals surface area contributed by atoms with Crippen molar-refractivity contribution in [1.82, 2.24) is 9.55 Å². The van der Waals surface area contributed by atoms with E-state index in [4.69, 9.17) is 16.6 Å². The highest BCUT2D eigenvalue weighted by Crippen LogP contribution is 2.33. The molecule has 0 atom stereocenters. The number of fused-ring (bicyclic) bond motifs is 3. The van der Waals surface area contributed by atoms with Crippen molar-refractivity contribution in [3.63, 3.8) is 0 Å². The van der Waals surface area contributed by atoms with Gasteiger partial charge >= 0.3 is 0 Å². The number of terminal acetylenes is 1. The van der Waals surface area contributed by atoms with Crippen LogP contribution in [0.2, 0.25) is 0 Å². The lowest BCUT2D eigenvalue weighted by molar-refractivity contribution is 0.269. The number of hydrogen-bond acceptors (Lipinski definition) is 4. The summed E-state index contributed by atoms with van der Waals surface area (Å²) in [5, 5.41) is 9.50. The molecule has 5 heteroatoms. The number of thiophene rings is 1. The SMILES string of the molecule is C#C/C=C(/Cn1cnc2sc3c(c2c1=N)CCCC3)OC. The summed E-state index contributed by atoms with van der Waals surface area (Å²) in [4.78, 5) is 6.90. The third-order valence-electron chi connectivity index (χ3n) is 3.82. The molecule has 0 radical (unpaired) electrons. The van der Waals surface area contributed by atoms with E-state index in [1.807, 2.05) is 0 Å². The number of nitrogens with zero attached hydrogens (tertiary/aromatic N) is 2. The lowest BCUT2D eigenvalue weighted by Gasteiger charge is -2.12.